The summed E-state index contributed by atoms with van der Waals surface area (Å²) in [6.07, 6.45) is 10.9. The zero-order valence-electron chi connectivity index (χ0n) is 16.0. The van der Waals surface area contributed by atoms with E-state index in [1.165, 1.54) is 23.1 Å². The molecule has 3 atom stereocenters. The highest BCUT2D eigenvalue weighted by molar-refractivity contribution is 8.01. The zero-order chi connectivity index (χ0) is 20.4. The van der Waals surface area contributed by atoms with Crippen LogP contribution >= 0.6 is 23.1 Å². The van der Waals surface area contributed by atoms with Crippen LogP contribution in [-0.2, 0) is 4.79 Å². The largest absolute Gasteiger partial charge is 0.512 e. The summed E-state index contributed by atoms with van der Waals surface area (Å²) in [5.74, 6) is 1.36. The minimum absolute atomic E-state index is 0.00577. The topological polar surface area (TPSA) is 96.7 Å². The molecule has 28 heavy (non-hydrogen) atoms. The molecule has 154 valence electrons. The van der Waals surface area contributed by atoms with Gasteiger partial charge in [-0.2, -0.15) is 4.98 Å². The molecular weight excluding hydrogens is 398 g/mol. The smallest absolute Gasteiger partial charge is 0.449 e. The summed E-state index contributed by atoms with van der Waals surface area (Å²) in [5, 5.41) is 20.1. The number of aromatic nitrogens is 1. The van der Waals surface area contributed by atoms with Crippen LogP contribution < -0.4 is 4.74 Å². The molecule has 1 unspecified atom stereocenters. The molecule has 0 spiro atoms. The van der Waals surface area contributed by atoms with Gasteiger partial charge in [0.15, 0.2) is 4.34 Å². The van der Waals surface area contributed by atoms with E-state index in [2.05, 4.69) is 22.7 Å². The van der Waals surface area contributed by atoms with Crippen LogP contribution in [0.4, 0.5) is 4.79 Å². The molecule has 0 aliphatic heterocycles. The van der Waals surface area contributed by atoms with Gasteiger partial charge in [0, 0.05) is 18.1 Å². The molecule has 0 radical (unpaired) electrons. The highest BCUT2D eigenvalue weighted by Crippen LogP contribution is 2.35. The lowest BCUT2D eigenvalue weighted by Gasteiger charge is -2.14. The fourth-order valence-electron chi connectivity index (χ4n) is 3.15. The predicted octanol–water partition coefficient (Wildman–Crippen LogP) is 4.94. The van der Waals surface area contributed by atoms with Gasteiger partial charge < -0.3 is 14.9 Å². The number of Topliss-reactive ketones (excluding diaryl/α,β-unsaturated/α-hetero) is 1. The first kappa shape index (κ1) is 22.6. The van der Waals surface area contributed by atoms with Gasteiger partial charge in [-0.25, -0.2) is 4.79 Å². The minimum Gasteiger partial charge on any atom is -0.449 e. The molecule has 2 rings (SSSR count). The molecule has 0 aromatic carbocycles. The molecule has 8 heteroatoms. The van der Waals surface area contributed by atoms with Crippen LogP contribution in [0.5, 0.6) is 5.88 Å². The van der Waals surface area contributed by atoms with E-state index in [4.69, 9.17) is 5.11 Å². The van der Waals surface area contributed by atoms with Gasteiger partial charge >= 0.3 is 6.16 Å². The summed E-state index contributed by atoms with van der Waals surface area (Å²) >= 11 is 2.84. The Hall–Kier alpha value is -1.64. The lowest BCUT2D eigenvalue weighted by molar-refractivity contribution is -0.121. The average molecular weight is 426 g/mol. The Morgan fingerprint density at radius 2 is 2.32 bits per heavy atom. The van der Waals surface area contributed by atoms with Crippen molar-refractivity contribution in [1.29, 1.82) is 0 Å². The summed E-state index contributed by atoms with van der Waals surface area (Å²) in [7, 11) is 0. The van der Waals surface area contributed by atoms with Crippen LogP contribution in [-0.4, -0.2) is 39.0 Å². The van der Waals surface area contributed by atoms with Crippen molar-refractivity contribution >= 4 is 35.0 Å². The van der Waals surface area contributed by atoms with Gasteiger partial charge in [-0.3, -0.25) is 4.79 Å². The maximum Gasteiger partial charge on any atom is 0.512 e. The zero-order valence-corrected chi connectivity index (χ0v) is 17.6. The second-order valence-electron chi connectivity index (χ2n) is 6.68. The maximum absolute atomic E-state index is 12.2. The number of aliphatic hydroxyl groups is 1. The van der Waals surface area contributed by atoms with Crippen LogP contribution in [0, 0.1) is 11.8 Å². The first-order valence-corrected chi connectivity index (χ1v) is 11.4. The molecule has 6 nitrogen and oxygen atoms in total. The number of carboxylic acid groups (broad SMARTS) is 1. The fourth-order valence-corrected chi connectivity index (χ4v) is 4.96. The van der Waals surface area contributed by atoms with Crippen molar-refractivity contribution in [3.8, 4) is 5.88 Å². The average Bonchev–Trinajstić information content (AvgIpc) is 3.22. The maximum atomic E-state index is 12.2. The molecular formula is C20H27NO5S2. The number of thiazole rings is 1. The molecule has 0 saturated heterocycles. The van der Waals surface area contributed by atoms with Crippen LogP contribution in [0.25, 0.3) is 0 Å². The third-order valence-electron chi connectivity index (χ3n) is 4.54. The Labute approximate surface area is 173 Å². The number of carbonyl (C=O) groups excluding carboxylic acids is 1. The van der Waals surface area contributed by atoms with Gasteiger partial charge in [0.2, 0.25) is 5.88 Å². The van der Waals surface area contributed by atoms with Crippen LogP contribution in [0.15, 0.2) is 34.0 Å². The molecule has 0 bridgehead atoms. The van der Waals surface area contributed by atoms with Crippen LogP contribution in [0.2, 0.25) is 0 Å². The van der Waals surface area contributed by atoms with Gasteiger partial charge in [-0.05, 0) is 31.6 Å². The summed E-state index contributed by atoms with van der Waals surface area (Å²) in [6, 6.07) is 0. The van der Waals surface area contributed by atoms with E-state index < -0.39 is 12.3 Å². The predicted molar refractivity (Wildman–Crippen MR) is 111 cm³/mol. The number of aliphatic hydroxyl groups excluding tert-OH is 1. The second-order valence-corrected chi connectivity index (χ2v) is 8.88. The number of hydrogen-bond donors (Lipinski definition) is 2. The third kappa shape index (κ3) is 7.77. The van der Waals surface area contributed by atoms with Crippen molar-refractivity contribution in [3.63, 3.8) is 0 Å². The van der Waals surface area contributed by atoms with Crippen molar-refractivity contribution in [2.24, 2.45) is 11.8 Å². The molecule has 1 aliphatic rings. The van der Waals surface area contributed by atoms with Crippen molar-refractivity contribution in [2.45, 2.75) is 55.9 Å². The Morgan fingerprint density at radius 1 is 1.50 bits per heavy atom. The molecule has 1 heterocycles. The second kappa shape index (κ2) is 12.0. The molecule has 0 amide bonds. The van der Waals surface area contributed by atoms with Gasteiger partial charge in [0.1, 0.15) is 5.78 Å². The highest BCUT2D eigenvalue weighted by atomic mass is 32.2. The summed E-state index contributed by atoms with van der Waals surface area (Å²) in [5.41, 5.74) is 0. The lowest BCUT2D eigenvalue weighted by atomic mass is 9.92. The number of hydrogen-bond acceptors (Lipinski definition) is 7. The van der Waals surface area contributed by atoms with Crippen molar-refractivity contribution in [3.05, 3.63) is 29.7 Å². The number of allylic oxidation sites excluding steroid dienone is 2. The van der Waals surface area contributed by atoms with E-state index in [1.54, 1.807) is 5.38 Å². The van der Waals surface area contributed by atoms with E-state index in [1.807, 2.05) is 18.2 Å². The van der Waals surface area contributed by atoms with Gasteiger partial charge in [-0.1, -0.05) is 49.4 Å². The van der Waals surface area contributed by atoms with Gasteiger partial charge in [0.05, 0.1) is 11.5 Å². The van der Waals surface area contributed by atoms with Crippen molar-refractivity contribution in [2.75, 3.05) is 5.75 Å². The van der Waals surface area contributed by atoms with E-state index in [0.717, 1.165) is 35.8 Å². The van der Waals surface area contributed by atoms with Crippen molar-refractivity contribution < 1.29 is 24.5 Å². The van der Waals surface area contributed by atoms with Gasteiger partial charge in [0.25, 0.3) is 0 Å². The molecule has 1 aliphatic carbocycles. The standard InChI is InChI=1S/C20H27NO5S2/c1-2-3-4-7-15(22)8-5-6-14-9-10-17(23)16(14)11-12-27-19-21-18(13-28-19)26-20(24)25/h4-7,13-16,22H,2-3,8-12H2,1H3,(H,24,25)/b6-5+,7-4+/t14-,15?,16+/m0/s1. The molecule has 1 aromatic rings. The van der Waals surface area contributed by atoms with E-state index in [9.17, 15) is 14.7 Å². The summed E-state index contributed by atoms with van der Waals surface area (Å²) < 4.78 is 5.25. The van der Waals surface area contributed by atoms with E-state index in [-0.39, 0.29) is 17.7 Å². The summed E-state index contributed by atoms with van der Waals surface area (Å²) in [4.78, 5) is 26.8. The number of thioether (sulfide) groups is 1. The number of ketones is 1. The molecule has 1 saturated carbocycles. The lowest BCUT2D eigenvalue weighted by Crippen LogP contribution is -2.14. The highest BCUT2D eigenvalue weighted by Gasteiger charge is 2.32. The van der Waals surface area contributed by atoms with Crippen LogP contribution in [0.3, 0.4) is 0 Å². The number of rotatable bonds is 11. The van der Waals surface area contributed by atoms with E-state index in [0.29, 0.717) is 18.6 Å². The van der Waals surface area contributed by atoms with Crippen molar-refractivity contribution in [1.82, 2.24) is 4.98 Å². The third-order valence-corrected chi connectivity index (χ3v) is 6.57. The van der Waals surface area contributed by atoms with Crippen LogP contribution in [0.1, 0.15) is 45.4 Å². The quantitative estimate of drug-likeness (QED) is 0.294. The normalized spacial score (nSPS) is 21.0. The SMILES string of the molecule is CCC/C=C/C(O)C/C=C/[C@H]1CCC(=O)[C@@H]1CCSc1nc(OC(=O)O)cs1. The number of nitrogens with zero attached hydrogens (tertiary/aromatic N) is 1. The number of unbranched alkanes of at least 4 members (excludes halogenated alkanes) is 1. The first-order valence-electron chi connectivity index (χ1n) is 9.52. The molecule has 2 N–H and O–H groups in total. The monoisotopic (exact) mass is 425 g/mol. The Bertz CT molecular complexity index is 701. The molecule has 1 aromatic heterocycles. The minimum atomic E-state index is -1.38. The summed E-state index contributed by atoms with van der Waals surface area (Å²) in [6.45, 7) is 2.10. The van der Waals surface area contributed by atoms with E-state index >= 15 is 0 Å². The first-order chi connectivity index (χ1) is 13.5. The Balaban J connectivity index is 1.77. The Kier molecular flexibility index (Phi) is 9.73. The number of ether oxygens (including phenoxy) is 1. The van der Waals surface area contributed by atoms with Gasteiger partial charge in [-0.15, -0.1) is 11.3 Å². The fraction of sp³-hybridized carbons (Fsp3) is 0.550. The Morgan fingerprint density at radius 3 is 3.07 bits per heavy atom. The number of carbonyl (C=O) groups is 2. The molecule has 1 fully saturated rings.